The molecule has 0 aromatic carbocycles. The van der Waals surface area contributed by atoms with Gasteiger partial charge in [-0.15, -0.1) is 18.1 Å². The summed E-state index contributed by atoms with van der Waals surface area (Å²) in [5.74, 6) is -4.31. The Morgan fingerprint density at radius 3 is 0.676 bits per heavy atom. The normalized spacial score (nSPS) is 10.7. The van der Waals surface area contributed by atoms with E-state index in [0.29, 0.717) is 0 Å². The molecule has 0 aliphatic carbocycles. The van der Waals surface area contributed by atoms with Crippen LogP contribution in [0.2, 0.25) is 0 Å². The van der Waals surface area contributed by atoms with Crippen LogP contribution in [0.25, 0.3) is 0 Å². The van der Waals surface area contributed by atoms with Crippen LogP contribution in [0, 0.1) is 39.9 Å². The first-order valence-electron chi connectivity index (χ1n) is 8.47. The fourth-order valence-corrected chi connectivity index (χ4v) is 1.79. The molecule has 0 aliphatic heterocycles. The van der Waals surface area contributed by atoms with Crippen LogP contribution in [0.4, 0.5) is 0 Å². The summed E-state index contributed by atoms with van der Waals surface area (Å²) in [5, 5.41) is 31.8. The van der Waals surface area contributed by atoms with Gasteiger partial charge in [0.15, 0.2) is 0 Å². The fourth-order valence-electron chi connectivity index (χ4n) is 0.830. The number of carboxylic acid groups (broad SMARTS) is 4. The van der Waals surface area contributed by atoms with Gasteiger partial charge in [-0.05, 0) is 18.3 Å². The van der Waals surface area contributed by atoms with E-state index in [4.69, 9.17) is 20.4 Å². The Morgan fingerprint density at radius 2 is 0.595 bits per heavy atom. The molecule has 0 fully saturated rings. The van der Waals surface area contributed by atoms with Gasteiger partial charge in [-0.2, -0.15) is 0 Å². The maximum absolute atomic E-state index is 9.70. The third kappa shape index (κ3) is 72.1. The molecule has 0 saturated carbocycles. The summed E-state index contributed by atoms with van der Waals surface area (Å²) in [7, 11) is -11.6. The second-order valence-corrected chi connectivity index (χ2v) is 7.62. The number of carboxylic acids is 4. The molecule has 0 bridgehead atoms. The monoisotopic (exact) mass is 840 g/mol. The van der Waals surface area contributed by atoms with Gasteiger partial charge in [0.25, 0.3) is 0 Å². The van der Waals surface area contributed by atoms with Crippen molar-refractivity contribution in [2.45, 2.75) is 25.7 Å². The van der Waals surface area contributed by atoms with Crippen LogP contribution in [0.15, 0.2) is 0 Å². The number of aliphatic carboxylic acids is 4. The Hall–Kier alpha value is -0.715. The molecule has 4 N–H and O–H groups in total. The molecule has 25 heteroatoms. The van der Waals surface area contributed by atoms with Crippen LogP contribution in [0.5, 0.6) is 0 Å². The Morgan fingerprint density at radius 1 is 0.459 bits per heavy atom. The summed E-state index contributed by atoms with van der Waals surface area (Å²) < 4.78 is 54.1. The predicted molar refractivity (Wildman–Crippen MR) is 103 cm³/mol. The van der Waals surface area contributed by atoms with E-state index in [1.165, 1.54) is 0 Å². The third-order valence-electron chi connectivity index (χ3n) is 2.05. The van der Waals surface area contributed by atoms with Crippen molar-refractivity contribution in [2.75, 3.05) is 26.4 Å². The molecule has 37 heavy (non-hydrogen) atoms. The zero-order chi connectivity index (χ0) is 29.1. The Balaban J connectivity index is -0.000000122. The first-order valence-corrected chi connectivity index (χ1v) is 12.9. The number of hydrogen-bond acceptors (Lipinski definition) is 16. The van der Waals surface area contributed by atoms with E-state index in [9.17, 15) is 57.0 Å². The van der Waals surface area contributed by atoms with Gasteiger partial charge in [-0.25, -0.2) is 0 Å². The zero-order valence-corrected chi connectivity index (χ0v) is 26.0. The van der Waals surface area contributed by atoms with Gasteiger partial charge in [0.05, 0.1) is 25.7 Å². The summed E-state index contributed by atoms with van der Waals surface area (Å²) in [5.41, 5.74) is 0. The Labute approximate surface area is 243 Å². The Kier molecular flexibility index (Phi) is 41.6. The minimum absolute atomic E-state index is 0. The summed E-state index contributed by atoms with van der Waals surface area (Å²) in [6, 6.07) is 0. The zero-order valence-electron chi connectivity index (χ0n) is 18.3. The van der Waals surface area contributed by atoms with E-state index in [1.807, 2.05) is 0 Å². The molecular formula is C12H20O20P4Th+4. The van der Waals surface area contributed by atoms with Gasteiger partial charge >= 0.3 is 96.8 Å². The average molecular weight is 840 g/mol. The van der Waals surface area contributed by atoms with Gasteiger partial charge in [0, 0.05) is 0 Å². The van der Waals surface area contributed by atoms with Gasteiger partial charge in [-0.1, -0.05) is 0 Å². The van der Waals surface area contributed by atoms with Crippen molar-refractivity contribution < 1.29 is 135 Å². The molecule has 4 atom stereocenters. The maximum Gasteiger partial charge on any atom is 4.00 e. The van der Waals surface area contributed by atoms with Crippen molar-refractivity contribution in [3.63, 3.8) is 0 Å². The molecule has 0 spiro atoms. The molecule has 0 rings (SSSR count). The largest absolute Gasteiger partial charge is 4.00 e. The van der Waals surface area contributed by atoms with Gasteiger partial charge in [-0.3, -0.25) is 19.2 Å². The minimum Gasteiger partial charge on any atom is -0.566 e. The van der Waals surface area contributed by atoms with Crippen molar-refractivity contribution in [3.8, 4) is 0 Å². The summed E-state index contributed by atoms with van der Waals surface area (Å²) >= 11 is 0. The van der Waals surface area contributed by atoms with Crippen molar-refractivity contribution in [3.05, 3.63) is 0 Å². The molecule has 0 heterocycles. The van der Waals surface area contributed by atoms with Crippen LogP contribution >= 0.6 is 33.0 Å². The van der Waals surface area contributed by atoms with Crippen LogP contribution in [-0.2, 0) is 55.5 Å². The number of rotatable bonds is 16. The van der Waals surface area contributed by atoms with Crippen molar-refractivity contribution >= 4 is 56.9 Å². The van der Waals surface area contributed by atoms with E-state index >= 15 is 0 Å². The van der Waals surface area contributed by atoms with E-state index in [-0.39, 0.29) is 92.1 Å². The molecule has 0 radical (unpaired) electrons. The maximum atomic E-state index is 9.70. The Bertz CT molecular complexity index is 556. The van der Waals surface area contributed by atoms with E-state index in [2.05, 4.69) is 18.1 Å². The second-order valence-electron chi connectivity index (χ2n) is 4.80. The summed E-state index contributed by atoms with van der Waals surface area (Å²) in [4.78, 5) is 77.2. The molecule has 0 amide bonds. The fraction of sp³-hybridized carbons (Fsp3) is 0.667. The average Bonchev–Trinajstić information content (AvgIpc) is 2.67. The van der Waals surface area contributed by atoms with Crippen molar-refractivity contribution in [2.24, 2.45) is 0 Å². The standard InChI is InChI=1S/4C3H5O5P.Th/c4*4-3(5)1-2-8-9(6)7;/h4*1-2H2,(H,4,5);/q;;;;+4. The molecule has 4 unspecified atom stereocenters. The van der Waals surface area contributed by atoms with Crippen LogP contribution in [0.1, 0.15) is 25.7 Å². The first-order chi connectivity index (χ1) is 16.5. The quantitative estimate of drug-likeness (QED) is 0.122. The van der Waals surface area contributed by atoms with Crippen molar-refractivity contribution in [1.29, 1.82) is 0 Å². The summed E-state index contributed by atoms with van der Waals surface area (Å²) in [6.07, 6.45) is -1.15. The van der Waals surface area contributed by atoms with Crippen LogP contribution in [0.3, 0.4) is 0 Å². The first kappa shape index (κ1) is 46.2. The molecule has 208 valence electrons. The molecule has 20 nitrogen and oxygen atoms in total. The van der Waals surface area contributed by atoms with E-state index < -0.39 is 56.9 Å². The molecule has 0 aromatic rings. The predicted octanol–water partition coefficient (Wildman–Crippen LogP) is -2.02. The molecular weight excluding hydrogens is 820 g/mol. The van der Waals surface area contributed by atoms with E-state index in [1.54, 1.807) is 0 Å². The summed E-state index contributed by atoms with van der Waals surface area (Å²) in [6.45, 7) is -1.13. The van der Waals surface area contributed by atoms with Crippen LogP contribution < -0.4 is 19.6 Å². The van der Waals surface area contributed by atoms with Gasteiger partial charge in [0.2, 0.25) is 0 Å². The number of carbonyl (C=O) groups is 4. The van der Waals surface area contributed by atoms with Crippen molar-refractivity contribution in [1.82, 2.24) is 0 Å². The van der Waals surface area contributed by atoms with Gasteiger partial charge in [0.1, 0.15) is 26.4 Å². The van der Waals surface area contributed by atoms with Crippen LogP contribution in [-0.4, -0.2) is 70.7 Å². The molecule has 0 aromatic heterocycles. The third-order valence-corrected chi connectivity index (χ3v) is 3.62. The molecule has 0 aliphatic rings. The SMILES string of the molecule is O=C(O)CCO[P+](=O)[O-].O=C(O)CCO[P+](=O)[O-].O=C(O)CCO[P+](=O)[O-].O=C(O)CCO[P+](=O)[O-].[Th+4]. The topological polar surface area (TPSA) is 347 Å². The number of hydrogen-bond donors (Lipinski definition) is 4. The van der Waals surface area contributed by atoms with E-state index in [0.717, 1.165) is 0 Å². The molecule has 0 saturated heterocycles. The van der Waals surface area contributed by atoms with Gasteiger partial charge < -0.3 is 40.0 Å². The smallest absolute Gasteiger partial charge is 0.566 e. The second kappa shape index (κ2) is 33.3. The minimum atomic E-state index is -2.89.